The summed E-state index contributed by atoms with van der Waals surface area (Å²) in [4.78, 5) is 11.7. The number of hydrogen-bond acceptors (Lipinski definition) is 4. The molecule has 0 aliphatic carbocycles. The van der Waals surface area contributed by atoms with Crippen LogP contribution in [0, 0.1) is 0 Å². The Morgan fingerprint density at radius 1 is 0.759 bits per heavy atom. The van der Waals surface area contributed by atoms with E-state index in [1.165, 1.54) is 21.8 Å². The summed E-state index contributed by atoms with van der Waals surface area (Å²) in [5, 5.41) is 6.57. The van der Waals surface area contributed by atoms with E-state index < -0.39 is 0 Å². The van der Waals surface area contributed by atoms with Crippen LogP contribution in [0.25, 0.3) is 21.8 Å². The monoisotopic (exact) mass is 413 g/mol. The molecule has 0 amide bonds. The van der Waals surface area contributed by atoms with E-state index in [1.807, 2.05) is 24.6 Å². The van der Waals surface area contributed by atoms with E-state index in [-0.39, 0.29) is 0 Å². The third kappa shape index (κ3) is 3.55. The highest BCUT2D eigenvalue weighted by Crippen LogP contribution is 2.34. The number of benzene rings is 2. The van der Waals surface area contributed by atoms with Crippen LogP contribution in [-0.4, -0.2) is 17.0 Å². The van der Waals surface area contributed by atoms with Gasteiger partial charge < -0.3 is 4.57 Å². The molecule has 0 radical (unpaired) electrons. The van der Waals surface area contributed by atoms with E-state index >= 15 is 0 Å². The van der Waals surface area contributed by atoms with Crippen molar-refractivity contribution in [1.82, 2.24) is 4.57 Å². The molecule has 3 heterocycles. The Morgan fingerprint density at radius 2 is 1.28 bits per heavy atom. The van der Waals surface area contributed by atoms with E-state index in [0.29, 0.717) is 0 Å². The fourth-order valence-electron chi connectivity index (χ4n) is 3.59. The van der Waals surface area contributed by atoms with Gasteiger partial charge in [-0.05, 0) is 66.2 Å². The third-order valence-corrected chi connectivity index (χ3v) is 6.53. The molecule has 5 rings (SSSR count). The summed E-state index contributed by atoms with van der Waals surface area (Å²) in [6.45, 7) is 3.11. The molecule has 0 aliphatic rings. The van der Waals surface area contributed by atoms with Crippen LogP contribution in [0.15, 0.2) is 81.4 Å². The van der Waals surface area contributed by atoms with Crippen LogP contribution in [0.4, 0.5) is 11.4 Å². The number of thiophene rings is 2. The summed E-state index contributed by atoms with van der Waals surface area (Å²) in [5.41, 5.74) is 4.40. The molecule has 5 heteroatoms. The van der Waals surface area contributed by atoms with Gasteiger partial charge in [0.05, 0.1) is 11.4 Å². The zero-order chi connectivity index (χ0) is 19.6. The largest absolute Gasteiger partial charge is 0.341 e. The molecule has 0 saturated heterocycles. The average Bonchev–Trinajstić information content (AvgIpc) is 3.50. The summed E-state index contributed by atoms with van der Waals surface area (Å²) in [6, 6.07) is 21.1. The van der Waals surface area contributed by atoms with Crippen molar-refractivity contribution in [2.75, 3.05) is 0 Å². The molecule has 0 spiro atoms. The Labute approximate surface area is 177 Å². The Morgan fingerprint density at radius 3 is 1.69 bits per heavy atom. The van der Waals surface area contributed by atoms with Crippen molar-refractivity contribution in [3.8, 4) is 0 Å². The van der Waals surface area contributed by atoms with Crippen LogP contribution >= 0.6 is 22.7 Å². The Hall–Kier alpha value is -3.02. The van der Waals surface area contributed by atoms with Crippen molar-refractivity contribution in [3.63, 3.8) is 0 Å². The second-order valence-electron chi connectivity index (χ2n) is 6.69. The normalized spacial score (nSPS) is 12.2. The summed E-state index contributed by atoms with van der Waals surface area (Å²) in [6.07, 6.45) is 3.86. The van der Waals surface area contributed by atoms with Gasteiger partial charge in [-0.2, -0.15) is 0 Å². The van der Waals surface area contributed by atoms with Gasteiger partial charge in [0, 0.05) is 50.5 Å². The number of hydrogen-bond donors (Lipinski definition) is 0. The summed E-state index contributed by atoms with van der Waals surface area (Å²) >= 11 is 3.39. The van der Waals surface area contributed by atoms with Crippen LogP contribution in [-0.2, 0) is 6.54 Å². The first-order chi connectivity index (χ1) is 14.3. The van der Waals surface area contributed by atoms with Crippen LogP contribution < -0.4 is 0 Å². The van der Waals surface area contributed by atoms with Gasteiger partial charge in [0.15, 0.2) is 0 Å². The number of fused-ring (bicyclic) bond motifs is 3. The molecule has 0 saturated carbocycles. The molecule has 0 unspecified atom stereocenters. The van der Waals surface area contributed by atoms with Crippen molar-refractivity contribution < 1.29 is 0 Å². The molecule has 29 heavy (non-hydrogen) atoms. The SMILES string of the molecule is CCn1c2ccc(N=Cc3cccs3)cc2c2cc(N=Cc3cccs3)ccc21. The van der Waals surface area contributed by atoms with Crippen LogP contribution in [0.2, 0.25) is 0 Å². The first kappa shape index (κ1) is 18.0. The molecule has 2 aromatic carbocycles. The number of aromatic nitrogens is 1. The molecule has 3 nitrogen and oxygen atoms in total. The van der Waals surface area contributed by atoms with Gasteiger partial charge in [0.2, 0.25) is 0 Å². The van der Waals surface area contributed by atoms with E-state index in [1.54, 1.807) is 22.7 Å². The van der Waals surface area contributed by atoms with Gasteiger partial charge >= 0.3 is 0 Å². The van der Waals surface area contributed by atoms with Crippen molar-refractivity contribution in [1.29, 1.82) is 0 Å². The summed E-state index contributed by atoms with van der Waals surface area (Å²) in [5.74, 6) is 0. The Bertz CT molecular complexity index is 1220. The quantitative estimate of drug-likeness (QED) is 0.268. The zero-order valence-electron chi connectivity index (χ0n) is 15.9. The standard InChI is InChI=1S/C24H19N3S2/c1-2-27-23-9-7-17(25-15-19-5-3-11-28-19)13-21(23)22-14-18(8-10-24(22)27)26-16-20-6-4-12-29-20/h3-16H,2H2,1H3. The van der Waals surface area contributed by atoms with Gasteiger partial charge in [-0.25, -0.2) is 0 Å². The molecule has 5 aromatic rings. The van der Waals surface area contributed by atoms with Gasteiger partial charge in [-0.3, -0.25) is 9.98 Å². The smallest absolute Gasteiger partial charge is 0.0637 e. The van der Waals surface area contributed by atoms with Crippen LogP contribution in [0.5, 0.6) is 0 Å². The lowest BCUT2D eigenvalue weighted by Gasteiger charge is -2.03. The minimum absolute atomic E-state index is 0.926. The zero-order valence-corrected chi connectivity index (χ0v) is 17.6. The van der Waals surface area contributed by atoms with Gasteiger partial charge in [0.1, 0.15) is 0 Å². The van der Waals surface area contributed by atoms with Gasteiger partial charge in [-0.1, -0.05) is 12.1 Å². The predicted octanol–water partition coefficient (Wildman–Crippen LogP) is 7.44. The molecule has 0 bridgehead atoms. The van der Waals surface area contributed by atoms with Crippen LogP contribution in [0.3, 0.4) is 0 Å². The molecule has 0 fully saturated rings. The molecular formula is C24H19N3S2. The lowest BCUT2D eigenvalue weighted by Crippen LogP contribution is -1.92. The van der Waals surface area contributed by atoms with E-state index in [0.717, 1.165) is 27.7 Å². The van der Waals surface area contributed by atoms with Crippen molar-refractivity contribution >= 4 is 68.3 Å². The first-order valence-electron chi connectivity index (χ1n) is 9.53. The summed E-state index contributed by atoms with van der Waals surface area (Å²) < 4.78 is 2.35. The fraction of sp³-hybridized carbons (Fsp3) is 0.0833. The molecule has 3 aromatic heterocycles. The van der Waals surface area contributed by atoms with Crippen molar-refractivity contribution in [3.05, 3.63) is 81.2 Å². The third-order valence-electron chi connectivity index (χ3n) is 4.92. The topological polar surface area (TPSA) is 29.6 Å². The first-order valence-corrected chi connectivity index (χ1v) is 11.3. The van der Waals surface area contributed by atoms with Crippen molar-refractivity contribution in [2.45, 2.75) is 13.5 Å². The predicted molar refractivity (Wildman–Crippen MR) is 128 cm³/mol. The maximum absolute atomic E-state index is 4.68. The molecular weight excluding hydrogens is 394 g/mol. The minimum Gasteiger partial charge on any atom is -0.341 e. The fourth-order valence-corrected chi connectivity index (χ4v) is 4.76. The number of aliphatic imine (C=N–C) groups is 2. The van der Waals surface area contributed by atoms with E-state index in [9.17, 15) is 0 Å². The number of aryl methyl sites for hydroxylation is 1. The second-order valence-corrected chi connectivity index (χ2v) is 8.65. The lowest BCUT2D eigenvalue weighted by molar-refractivity contribution is 0.827. The highest BCUT2D eigenvalue weighted by atomic mass is 32.1. The van der Waals surface area contributed by atoms with Gasteiger partial charge in [0.25, 0.3) is 0 Å². The molecule has 0 N–H and O–H groups in total. The summed E-state index contributed by atoms with van der Waals surface area (Å²) in [7, 11) is 0. The number of nitrogens with zero attached hydrogens (tertiary/aromatic N) is 3. The second kappa shape index (κ2) is 7.78. The van der Waals surface area contributed by atoms with Crippen molar-refractivity contribution in [2.24, 2.45) is 9.98 Å². The Balaban J connectivity index is 1.60. The molecule has 0 atom stereocenters. The maximum Gasteiger partial charge on any atom is 0.0637 e. The Kier molecular flexibility index (Phi) is 4.84. The molecule has 142 valence electrons. The molecule has 0 aliphatic heterocycles. The highest BCUT2D eigenvalue weighted by Gasteiger charge is 2.10. The maximum atomic E-state index is 4.68. The van der Waals surface area contributed by atoms with E-state index in [4.69, 9.17) is 0 Å². The number of rotatable bonds is 5. The highest BCUT2D eigenvalue weighted by molar-refractivity contribution is 7.12. The lowest BCUT2D eigenvalue weighted by atomic mass is 10.1. The minimum atomic E-state index is 0.926. The van der Waals surface area contributed by atoms with Gasteiger partial charge in [-0.15, -0.1) is 22.7 Å². The van der Waals surface area contributed by atoms with E-state index in [2.05, 4.69) is 80.8 Å². The average molecular weight is 414 g/mol. The van der Waals surface area contributed by atoms with Crippen LogP contribution in [0.1, 0.15) is 16.7 Å².